The first-order valence-corrected chi connectivity index (χ1v) is 23.6. The molecule has 4 N–H and O–H groups in total. The zero-order valence-corrected chi connectivity index (χ0v) is 39.7. The van der Waals surface area contributed by atoms with Crippen LogP contribution in [0.15, 0.2) is 55.0 Å². The van der Waals surface area contributed by atoms with Crippen LogP contribution in [0.3, 0.4) is 0 Å². The van der Waals surface area contributed by atoms with Gasteiger partial charge in [-0.2, -0.15) is 0 Å². The number of nitrogens with zero attached hydrogens (tertiary/aromatic N) is 6. The molecule has 0 saturated carbocycles. The molecule has 0 bridgehead atoms. The van der Waals surface area contributed by atoms with Crippen LogP contribution in [0.25, 0.3) is 44.7 Å². The lowest BCUT2D eigenvalue weighted by Gasteiger charge is -2.30. The van der Waals surface area contributed by atoms with Crippen molar-refractivity contribution in [1.29, 1.82) is 0 Å². The number of benzene rings is 2. The van der Waals surface area contributed by atoms with E-state index in [1.165, 1.54) is 31.6 Å². The van der Waals surface area contributed by atoms with E-state index in [1.54, 1.807) is 41.6 Å². The normalized spacial score (nSPS) is 18.6. The molecule has 5 atom stereocenters. The van der Waals surface area contributed by atoms with Crippen LogP contribution in [0, 0.1) is 17.7 Å². The molecule has 18 nitrogen and oxygen atoms in total. The van der Waals surface area contributed by atoms with Crippen molar-refractivity contribution in [2.75, 3.05) is 34.4 Å². The number of amides is 4. The summed E-state index contributed by atoms with van der Waals surface area (Å²) in [6.07, 6.45) is 6.03. The number of carbonyl (C=O) groups excluding carboxylic acids is 4. The number of rotatable bonds is 13. The summed E-state index contributed by atoms with van der Waals surface area (Å²) in [6, 6.07) is 8.99. The molecule has 4 amide bonds. The van der Waals surface area contributed by atoms with E-state index in [1.807, 2.05) is 56.5 Å². The monoisotopic (exact) mass is 950 g/mol. The van der Waals surface area contributed by atoms with Gasteiger partial charge in [-0.25, -0.2) is 28.9 Å². The van der Waals surface area contributed by atoms with Crippen LogP contribution < -0.4 is 15.4 Å². The maximum absolute atomic E-state index is 16.9. The highest BCUT2D eigenvalue weighted by molar-refractivity contribution is 7.11. The smallest absolute Gasteiger partial charge is 0.407 e. The van der Waals surface area contributed by atoms with Crippen LogP contribution in [0.2, 0.25) is 0 Å². The minimum Gasteiger partial charge on any atom is -0.464 e. The van der Waals surface area contributed by atoms with Gasteiger partial charge in [-0.15, -0.1) is 11.3 Å². The first kappa shape index (κ1) is 46.3. The molecule has 358 valence electrons. The van der Waals surface area contributed by atoms with Crippen molar-refractivity contribution in [3.8, 4) is 39.5 Å². The molecule has 68 heavy (non-hydrogen) atoms. The zero-order valence-electron chi connectivity index (χ0n) is 38.9. The average Bonchev–Trinajstić information content (AvgIpc) is 4.19. The van der Waals surface area contributed by atoms with Crippen LogP contribution in [0.5, 0.6) is 5.75 Å². The van der Waals surface area contributed by atoms with Crippen molar-refractivity contribution in [3.05, 3.63) is 82.3 Å². The number of H-pyrrole nitrogens is 2. The van der Waals surface area contributed by atoms with Crippen molar-refractivity contribution < 1.29 is 42.5 Å². The van der Waals surface area contributed by atoms with Gasteiger partial charge in [-0.1, -0.05) is 33.8 Å². The van der Waals surface area contributed by atoms with Crippen molar-refractivity contribution in [2.45, 2.75) is 90.4 Å². The number of thiazole rings is 1. The summed E-state index contributed by atoms with van der Waals surface area (Å²) in [5, 5.41) is 6.97. The number of nitrogens with one attached hydrogen (secondary N) is 4. The molecule has 9 rings (SSSR count). The van der Waals surface area contributed by atoms with Crippen molar-refractivity contribution in [3.63, 3.8) is 0 Å². The molecule has 4 aromatic heterocycles. The van der Waals surface area contributed by atoms with Gasteiger partial charge in [0.15, 0.2) is 0 Å². The van der Waals surface area contributed by atoms with Crippen molar-refractivity contribution in [1.82, 2.24) is 49.9 Å². The van der Waals surface area contributed by atoms with Crippen LogP contribution >= 0.6 is 11.3 Å². The summed E-state index contributed by atoms with van der Waals surface area (Å²) in [6.45, 7) is 8.84. The summed E-state index contributed by atoms with van der Waals surface area (Å²) in [4.78, 5) is 77.0. The first-order chi connectivity index (χ1) is 32.8. The predicted molar refractivity (Wildman–Crippen MR) is 250 cm³/mol. The number of alkyl carbamates (subject to hydrolysis) is 2. The molecular weight excluding hydrogens is 896 g/mol. The maximum Gasteiger partial charge on any atom is 0.407 e. The summed E-state index contributed by atoms with van der Waals surface area (Å²) in [5.74, 6) is 0.274. The van der Waals surface area contributed by atoms with Gasteiger partial charge >= 0.3 is 12.2 Å². The van der Waals surface area contributed by atoms with Crippen LogP contribution in [0.4, 0.5) is 14.0 Å². The molecular formula is C48H55FN10O8S. The van der Waals surface area contributed by atoms with E-state index in [-0.39, 0.29) is 35.7 Å². The predicted octanol–water partition coefficient (Wildman–Crippen LogP) is 7.86. The third-order valence-electron chi connectivity index (χ3n) is 13.0. The third-order valence-corrected chi connectivity index (χ3v) is 14.0. The summed E-state index contributed by atoms with van der Waals surface area (Å²) >= 11 is 1.45. The molecule has 0 aliphatic carbocycles. The number of fused-ring (bicyclic) bond motifs is 5. The quantitative estimate of drug-likeness (QED) is 0.0876. The van der Waals surface area contributed by atoms with Gasteiger partial charge in [0.2, 0.25) is 18.0 Å². The van der Waals surface area contributed by atoms with E-state index in [0.29, 0.717) is 72.5 Å². The molecule has 3 aliphatic heterocycles. The van der Waals surface area contributed by atoms with Crippen molar-refractivity contribution in [2.24, 2.45) is 11.8 Å². The number of aromatic nitrogens is 6. The lowest BCUT2D eigenvalue weighted by molar-refractivity contribution is -0.136. The Bertz CT molecular complexity index is 2870. The van der Waals surface area contributed by atoms with Gasteiger partial charge in [0.05, 0.1) is 78.3 Å². The number of ether oxygens (including phenoxy) is 4. The molecule has 2 aromatic carbocycles. The summed E-state index contributed by atoms with van der Waals surface area (Å²) < 4.78 is 40.6. The number of likely N-dealkylation sites (tertiary alicyclic amines) is 2. The van der Waals surface area contributed by atoms with Gasteiger partial charge in [-0.05, 0) is 67.9 Å². The highest BCUT2D eigenvalue weighted by Gasteiger charge is 2.40. The fourth-order valence-corrected chi connectivity index (χ4v) is 10.5. The van der Waals surface area contributed by atoms with E-state index in [9.17, 15) is 19.2 Å². The van der Waals surface area contributed by atoms with E-state index < -0.39 is 36.3 Å². The number of hydrogen-bond acceptors (Lipinski definition) is 12. The largest absolute Gasteiger partial charge is 0.464 e. The second-order valence-electron chi connectivity index (χ2n) is 18.0. The van der Waals surface area contributed by atoms with E-state index in [0.717, 1.165) is 44.9 Å². The van der Waals surface area contributed by atoms with E-state index in [4.69, 9.17) is 23.9 Å². The minimum atomic E-state index is -0.781. The molecule has 3 aliphatic rings. The molecule has 7 heterocycles. The fourth-order valence-electron chi connectivity index (χ4n) is 9.61. The van der Waals surface area contributed by atoms with Gasteiger partial charge < -0.3 is 49.3 Å². The molecule has 2 fully saturated rings. The number of methoxy groups -OCH3 is 3. The van der Waals surface area contributed by atoms with Gasteiger partial charge in [0.1, 0.15) is 40.3 Å². The Kier molecular flexibility index (Phi) is 13.0. The second kappa shape index (κ2) is 19.1. The Morgan fingerprint density at radius 1 is 0.794 bits per heavy atom. The average molecular weight is 951 g/mol. The Labute approximate surface area is 395 Å². The van der Waals surface area contributed by atoms with Crippen molar-refractivity contribution >= 4 is 46.2 Å². The van der Waals surface area contributed by atoms with Crippen LogP contribution in [-0.2, 0) is 30.4 Å². The lowest BCUT2D eigenvalue weighted by atomic mass is 10.0. The summed E-state index contributed by atoms with van der Waals surface area (Å²) in [7, 11) is 4.15. The Balaban J connectivity index is 1.03. The molecule has 3 unspecified atom stereocenters. The minimum absolute atomic E-state index is 0.160. The van der Waals surface area contributed by atoms with Crippen LogP contribution in [0.1, 0.15) is 93.2 Å². The Hall–Kier alpha value is -6.80. The zero-order chi connectivity index (χ0) is 48.0. The lowest BCUT2D eigenvalue weighted by Crippen LogP contribution is -2.51. The molecule has 2 saturated heterocycles. The number of carbonyl (C=O) groups is 4. The molecule has 20 heteroatoms. The van der Waals surface area contributed by atoms with Gasteiger partial charge in [0, 0.05) is 42.9 Å². The third kappa shape index (κ3) is 8.66. The number of aromatic amines is 2. The SMILES string of the molecule is COCc1ncc(C2Oc3cc(-c4cnc([C@@H]5CCCN5C(=O)C(NC(=O)OC)C(C)C)[nH]4)cc(F)c3-c3cc4cc(-c5cnc([C@@H]6CCCN6C(=O)C(NC(=O)OC)C(C)C)[nH]5)ccc4n32)s1. The Morgan fingerprint density at radius 2 is 1.38 bits per heavy atom. The standard InChI is InChI=1S/C48H55FN10O8S/c1-24(2)40(55-47(62)65-6)44(60)57-14-8-10-33(57)42-51-20-30(53-42)26-12-13-32-28(16-26)18-35-39-29(49)17-27(19-36(39)67-46(59(32)35)37-22-50-38(68-37)23-64-5)31-21-52-43(54-31)34-11-9-15-58(34)45(61)41(25(3)4)56-48(63)66-7/h12-13,16-22,24-25,33-34,40-41,46H,8-11,14-15,23H2,1-7H3,(H,51,53)(H,52,54)(H,55,62)(H,56,63)/t33-,34-,40?,41?,46?/m0/s1. The van der Waals surface area contributed by atoms with E-state index >= 15 is 4.39 Å². The second-order valence-corrected chi connectivity index (χ2v) is 19.2. The Morgan fingerprint density at radius 3 is 1.94 bits per heavy atom. The number of hydrogen-bond donors (Lipinski definition) is 4. The summed E-state index contributed by atoms with van der Waals surface area (Å²) in [5.41, 5.74) is 4.37. The van der Waals surface area contributed by atoms with Gasteiger partial charge in [0.25, 0.3) is 0 Å². The van der Waals surface area contributed by atoms with Crippen LogP contribution in [-0.4, -0.2) is 110 Å². The number of halogens is 1. The molecule has 0 spiro atoms. The highest BCUT2D eigenvalue weighted by atomic mass is 32.1. The molecule has 0 radical (unpaired) electrons. The first-order valence-electron chi connectivity index (χ1n) is 22.8. The highest BCUT2D eigenvalue weighted by Crippen LogP contribution is 2.48. The fraction of sp³-hybridized carbons (Fsp3) is 0.438. The van der Waals surface area contributed by atoms with E-state index in [2.05, 4.69) is 30.6 Å². The van der Waals surface area contributed by atoms with Gasteiger partial charge in [-0.3, -0.25) is 14.2 Å². The number of imidazole rings is 2. The maximum atomic E-state index is 16.9. The molecule has 6 aromatic rings. The topological polar surface area (TPSA) is 211 Å².